The molecule has 0 saturated heterocycles. The molecule has 0 aliphatic heterocycles. The zero-order valence-corrected chi connectivity index (χ0v) is 4.97. The summed E-state index contributed by atoms with van der Waals surface area (Å²) in [6, 6.07) is 0. The average Bonchev–Trinajstić information content (AvgIpc) is 1.30. The molecular formula is C4H9BN2. The van der Waals surface area contributed by atoms with Gasteiger partial charge in [-0.05, 0) is 0 Å². The lowest BCUT2D eigenvalue weighted by Crippen LogP contribution is -2.36. The van der Waals surface area contributed by atoms with Crippen molar-refractivity contribution in [2.24, 2.45) is 0 Å². The van der Waals surface area contributed by atoms with Crippen LogP contribution in [0.5, 0.6) is 0 Å². The Morgan fingerprint density at radius 1 is 1.43 bits per heavy atom. The minimum absolute atomic E-state index is 0.615. The minimum atomic E-state index is 0.615. The van der Waals surface area contributed by atoms with Gasteiger partial charge in [0.1, 0.15) is 0 Å². The Morgan fingerprint density at radius 3 is 1.86 bits per heavy atom. The van der Waals surface area contributed by atoms with Crippen molar-refractivity contribution in [3.63, 3.8) is 0 Å². The van der Waals surface area contributed by atoms with Crippen LogP contribution in [0.25, 0.3) is 4.76 Å². The van der Waals surface area contributed by atoms with E-state index in [4.69, 9.17) is 6.57 Å². The molecule has 0 rings (SSSR count). The first-order valence-electron chi connectivity index (χ1n) is 2.08. The maximum atomic E-state index is 6.41. The zero-order chi connectivity index (χ0) is 5.91. The third-order valence-electron chi connectivity index (χ3n) is 0.404. The molecule has 0 aliphatic carbocycles. The van der Waals surface area contributed by atoms with E-state index in [2.05, 4.69) is 4.76 Å². The highest BCUT2D eigenvalue weighted by molar-refractivity contribution is 6.30. The number of nitrogens with zero attached hydrogens (tertiary/aromatic N) is 2. The zero-order valence-electron chi connectivity index (χ0n) is 4.97. The predicted octanol–water partition coefficient (Wildman–Crippen LogP) is 0.146. The third kappa shape index (κ3) is 5.51. The molecular weight excluding hydrogens is 86.9 g/mol. The second-order valence-electron chi connectivity index (χ2n) is 2.36. The molecule has 0 spiro atoms. The number of hydrogen-bond acceptors (Lipinski definition) is 0. The standard InChI is InChI=1S/C4H9BN2/c1-6-5-7(2,3)4/h2-4H3. The van der Waals surface area contributed by atoms with Crippen LogP contribution in [0, 0.1) is 6.57 Å². The molecule has 0 aromatic carbocycles. The van der Waals surface area contributed by atoms with Crippen LogP contribution < -0.4 is 0 Å². The van der Waals surface area contributed by atoms with E-state index < -0.39 is 0 Å². The Labute approximate surface area is 45.4 Å². The summed E-state index contributed by atoms with van der Waals surface area (Å²) in [5.41, 5.74) is 0. The normalized spacial score (nSPS) is 10.6. The van der Waals surface area contributed by atoms with Crippen molar-refractivity contribution < 1.29 is 4.39 Å². The Morgan fingerprint density at radius 2 is 1.86 bits per heavy atom. The Kier molecular flexibility index (Phi) is 1.85. The fourth-order valence-electron chi connectivity index (χ4n) is 0.173. The van der Waals surface area contributed by atoms with Crippen LogP contribution in [0.1, 0.15) is 0 Å². The lowest BCUT2D eigenvalue weighted by atomic mass is 10.1. The molecule has 7 heavy (non-hydrogen) atoms. The van der Waals surface area contributed by atoms with E-state index in [9.17, 15) is 0 Å². The molecule has 2 nitrogen and oxygen atoms in total. The molecule has 0 aliphatic rings. The van der Waals surface area contributed by atoms with Gasteiger partial charge in [0.15, 0.2) is 0 Å². The van der Waals surface area contributed by atoms with Gasteiger partial charge in [-0.15, -0.1) is 0 Å². The fraction of sp³-hybridized carbons (Fsp3) is 0.750. The molecule has 0 unspecified atom stereocenters. The second kappa shape index (κ2) is 1.99. The molecule has 2 radical (unpaired) electrons. The van der Waals surface area contributed by atoms with Gasteiger partial charge in [0.25, 0.3) is 0 Å². The average molecular weight is 95.9 g/mol. The van der Waals surface area contributed by atoms with E-state index in [0.717, 1.165) is 0 Å². The van der Waals surface area contributed by atoms with Gasteiger partial charge in [0.2, 0.25) is 0 Å². The third-order valence-corrected chi connectivity index (χ3v) is 0.404. The molecule has 0 aromatic heterocycles. The van der Waals surface area contributed by atoms with Crippen LogP contribution in [0.2, 0.25) is 0 Å². The topological polar surface area (TPSA) is 4.36 Å². The van der Waals surface area contributed by atoms with Crippen molar-refractivity contribution >= 4 is 7.55 Å². The molecule has 38 valence electrons. The second-order valence-corrected chi connectivity index (χ2v) is 2.36. The van der Waals surface area contributed by atoms with Crippen molar-refractivity contribution in [3.8, 4) is 0 Å². The lowest BCUT2D eigenvalue weighted by molar-refractivity contribution is -0.754. The molecule has 0 atom stereocenters. The predicted molar refractivity (Wildman–Crippen MR) is 30.4 cm³/mol. The first kappa shape index (κ1) is 6.51. The maximum Gasteiger partial charge on any atom is 0.528 e. The Balaban J connectivity index is 3.40. The van der Waals surface area contributed by atoms with Crippen molar-refractivity contribution in [2.45, 2.75) is 0 Å². The van der Waals surface area contributed by atoms with Crippen LogP contribution in [0.4, 0.5) is 0 Å². The van der Waals surface area contributed by atoms with Gasteiger partial charge in [-0.3, -0.25) is 0 Å². The number of quaternary nitrogens is 1. The van der Waals surface area contributed by atoms with Crippen LogP contribution in [-0.4, -0.2) is 33.1 Å². The van der Waals surface area contributed by atoms with Gasteiger partial charge in [-0.2, -0.15) is 0 Å². The first-order chi connectivity index (χ1) is 3.06. The van der Waals surface area contributed by atoms with Gasteiger partial charge >= 0.3 is 7.55 Å². The molecule has 0 aromatic rings. The summed E-state index contributed by atoms with van der Waals surface area (Å²) in [6.07, 6.45) is 0. The Hall–Kier alpha value is -0.485. The molecule has 0 saturated carbocycles. The van der Waals surface area contributed by atoms with E-state index >= 15 is 0 Å². The SMILES string of the molecule is [C-]#[N+][B-][N+](C)(C)C. The first-order valence-corrected chi connectivity index (χ1v) is 2.08. The molecule has 0 bridgehead atoms. The quantitative estimate of drug-likeness (QED) is 0.323. The van der Waals surface area contributed by atoms with E-state index in [1.54, 1.807) is 7.55 Å². The summed E-state index contributed by atoms with van der Waals surface area (Å²) in [5.74, 6) is 0. The van der Waals surface area contributed by atoms with E-state index in [1.807, 2.05) is 21.1 Å². The summed E-state index contributed by atoms with van der Waals surface area (Å²) in [5, 5.41) is 0. The van der Waals surface area contributed by atoms with Gasteiger partial charge < -0.3 is 15.7 Å². The monoisotopic (exact) mass is 96.1 g/mol. The number of hydrogen-bond donors (Lipinski definition) is 0. The van der Waals surface area contributed by atoms with Crippen LogP contribution in [0.15, 0.2) is 0 Å². The lowest BCUT2D eigenvalue weighted by Gasteiger charge is -2.26. The van der Waals surface area contributed by atoms with Gasteiger partial charge in [-0.25, -0.2) is 0 Å². The molecule has 0 heterocycles. The van der Waals surface area contributed by atoms with Crippen molar-refractivity contribution in [1.29, 1.82) is 0 Å². The Bertz CT molecular complexity index is 86.8. The van der Waals surface area contributed by atoms with Gasteiger partial charge in [0, 0.05) is 21.1 Å². The summed E-state index contributed by atoms with van der Waals surface area (Å²) >= 11 is 0. The van der Waals surface area contributed by atoms with E-state index in [-0.39, 0.29) is 0 Å². The van der Waals surface area contributed by atoms with E-state index in [1.165, 1.54) is 0 Å². The smallest absolute Gasteiger partial charge is 0.528 e. The summed E-state index contributed by atoms with van der Waals surface area (Å²) in [6.45, 7) is 6.41. The number of rotatable bonds is 1. The minimum Gasteiger partial charge on any atom is -0.555 e. The maximum absolute atomic E-state index is 6.41. The summed E-state index contributed by atoms with van der Waals surface area (Å²) < 4.78 is 3.72. The van der Waals surface area contributed by atoms with Crippen molar-refractivity contribution in [1.82, 2.24) is 0 Å². The highest BCUT2D eigenvalue weighted by Crippen LogP contribution is 1.83. The highest BCUT2D eigenvalue weighted by Gasteiger charge is 1.99. The van der Waals surface area contributed by atoms with E-state index in [0.29, 0.717) is 4.39 Å². The largest absolute Gasteiger partial charge is 0.555 e. The van der Waals surface area contributed by atoms with Gasteiger partial charge in [0.05, 0.1) is 0 Å². The van der Waals surface area contributed by atoms with Crippen LogP contribution in [-0.2, 0) is 0 Å². The highest BCUT2D eigenvalue weighted by atomic mass is 15.2. The molecule has 3 heteroatoms. The molecule has 0 amide bonds. The van der Waals surface area contributed by atoms with Crippen LogP contribution in [0.3, 0.4) is 0 Å². The molecule has 0 fully saturated rings. The van der Waals surface area contributed by atoms with Crippen molar-refractivity contribution in [2.75, 3.05) is 21.1 Å². The summed E-state index contributed by atoms with van der Waals surface area (Å²) in [4.78, 5) is 0. The summed E-state index contributed by atoms with van der Waals surface area (Å²) in [7, 11) is 7.37. The fourth-order valence-corrected chi connectivity index (χ4v) is 0.173. The molecule has 0 N–H and O–H groups in total. The van der Waals surface area contributed by atoms with Crippen molar-refractivity contribution in [3.05, 3.63) is 11.3 Å². The van der Waals surface area contributed by atoms with Crippen LogP contribution >= 0.6 is 0 Å². The van der Waals surface area contributed by atoms with Gasteiger partial charge in [-0.1, -0.05) is 0 Å².